The molecule has 0 amide bonds. The molecule has 0 radical (unpaired) electrons. The highest BCUT2D eigenvalue weighted by Gasteiger charge is 2.27. The molecular formula is C20H23N3O4S2. The van der Waals surface area contributed by atoms with Gasteiger partial charge in [0.1, 0.15) is 6.33 Å². The third-order valence-electron chi connectivity index (χ3n) is 5.46. The minimum Gasteiger partial charge on any atom is -0.236 e. The number of piperidine rings is 1. The summed E-state index contributed by atoms with van der Waals surface area (Å²) in [4.78, 5) is 4.34. The highest BCUT2D eigenvalue weighted by molar-refractivity contribution is 7.90. The van der Waals surface area contributed by atoms with E-state index in [1.54, 1.807) is 6.07 Å². The second kappa shape index (κ2) is 7.23. The van der Waals surface area contributed by atoms with E-state index in [2.05, 4.69) is 4.98 Å². The molecule has 1 fully saturated rings. The molecule has 0 aliphatic carbocycles. The van der Waals surface area contributed by atoms with E-state index in [0.717, 1.165) is 34.4 Å². The molecular weight excluding hydrogens is 410 g/mol. The van der Waals surface area contributed by atoms with E-state index >= 15 is 0 Å². The van der Waals surface area contributed by atoms with E-state index in [-0.39, 0.29) is 9.79 Å². The summed E-state index contributed by atoms with van der Waals surface area (Å²) in [7, 11) is -7.50. The molecule has 0 unspecified atom stereocenters. The summed E-state index contributed by atoms with van der Waals surface area (Å²) in [5, 5.41) is 0. The lowest BCUT2D eigenvalue weighted by atomic mass is 10.1. The van der Waals surface area contributed by atoms with Crippen molar-refractivity contribution in [2.24, 2.45) is 0 Å². The molecule has 1 saturated heterocycles. The zero-order valence-electron chi connectivity index (χ0n) is 16.4. The quantitative estimate of drug-likeness (QED) is 0.631. The lowest BCUT2D eigenvalue weighted by Crippen LogP contribution is -2.35. The van der Waals surface area contributed by atoms with Gasteiger partial charge in [0.25, 0.3) is 10.0 Å². The molecule has 2 heterocycles. The highest BCUT2D eigenvalue weighted by Crippen LogP contribution is 2.25. The molecule has 7 nitrogen and oxygen atoms in total. The Morgan fingerprint density at radius 2 is 1.34 bits per heavy atom. The Morgan fingerprint density at radius 3 is 1.97 bits per heavy atom. The standard InChI is InChI=1S/C20H23N3O4S2/c1-15-12-19-20(13-16(15)2)23(14-21-19)29(26,27)18-8-6-17(7-9-18)28(24,25)22-10-4-3-5-11-22/h6-9,12-14H,3-5,10-11H2,1-2H3. The molecule has 0 N–H and O–H groups in total. The maximum absolute atomic E-state index is 13.1. The van der Waals surface area contributed by atoms with Crippen LogP contribution in [0.2, 0.25) is 0 Å². The Bertz CT molecular complexity index is 1270. The molecule has 0 saturated carbocycles. The largest absolute Gasteiger partial charge is 0.269 e. The molecule has 0 bridgehead atoms. The zero-order valence-corrected chi connectivity index (χ0v) is 18.0. The van der Waals surface area contributed by atoms with Crippen LogP contribution in [0.25, 0.3) is 11.0 Å². The number of aryl methyl sites for hydroxylation is 2. The first-order valence-corrected chi connectivity index (χ1v) is 12.4. The summed E-state index contributed by atoms with van der Waals surface area (Å²) >= 11 is 0. The van der Waals surface area contributed by atoms with Crippen LogP contribution in [-0.4, -0.2) is 43.2 Å². The molecule has 2 aromatic carbocycles. The number of hydrogen-bond donors (Lipinski definition) is 0. The fourth-order valence-electron chi connectivity index (χ4n) is 3.59. The second-order valence-electron chi connectivity index (χ2n) is 7.41. The third kappa shape index (κ3) is 3.47. The summed E-state index contributed by atoms with van der Waals surface area (Å²) in [6.45, 7) is 4.87. The summed E-state index contributed by atoms with van der Waals surface area (Å²) in [5.74, 6) is 0. The van der Waals surface area contributed by atoms with Crippen LogP contribution in [0, 0.1) is 13.8 Å². The molecule has 1 aromatic heterocycles. The van der Waals surface area contributed by atoms with Crippen molar-refractivity contribution < 1.29 is 16.8 Å². The van der Waals surface area contributed by atoms with E-state index in [0.29, 0.717) is 24.1 Å². The summed E-state index contributed by atoms with van der Waals surface area (Å²) < 4.78 is 54.4. The van der Waals surface area contributed by atoms with E-state index in [1.807, 2.05) is 19.9 Å². The van der Waals surface area contributed by atoms with E-state index in [9.17, 15) is 16.8 Å². The summed E-state index contributed by atoms with van der Waals surface area (Å²) in [6, 6.07) is 9.07. The van der Waals surface area contributed by atoms with Crippen molar-refractivity contribution in [2.75, 3.05) is 13.1 Å². The average Bonchev–Trinajstić information content (AvgIpc) is 3.12. The zero-order chi connectivity index (χ0) is 20.8. The van der Waals surface area contributed by atoms with Gasteiger partial charge >= 0.3 is 0 Å². The van der Waals surface area contributed by atoms with E-state index in [1.165, 1.54) is 34.9 Å². The van der Waals surface area contributed by atoms with Gasteiger partial charge in [-0.25, -0.2) is 25.8 Å². The first-order valence-electron chi connectivity index (χ1n) is 9.51. The van der Waals surface area contributed by atoms with Crippen LogP contribution in [0.1, 0.15) is 30.4 Å². The van der Waals surface area contributed by atoms with Crippen LogP contribution < -0.4 is 0 Å². The lowest BCUT2D eigenvalue weighted by Gasteiger charge is -2.25. The van der Waals surface area contributed by atoms with Gasteiger partial charge in [-0.05, 0) is 74.2 Å². The maximum Gasteiger partial charge on any atom is 0.269 e. The minimum atomic E-state index is -3.89. The summed E-state index contributed by atoms with van der Waals surface area (Å²) in [5.41, 5.74) is 3.10. The van der Waals surface area contributed by atoms with E-state index < -0.39 is 20.0 Å². The van der Waals surface area contributed by atoms with Gasteiger partial charge in [0.05, 0.1) is 20.8 Å². The van der Waals surface area contributed by atoms with Crippen LogP contribution >= 0.6 is 0 Å². The number of fused-ring (bicyclic) bond motifs is 1. The van der Waals surface area contributed by atoms with Crippen LogP contribution in [-0.2, 0) is 20.0 Å². The Hall–Kier alpha value is -2.23. The smallest absolute Gasteiger partial charge is 0.236 e. The molecule has 154 valence electrons. The van der Waals surface area contributed by atoms with Gasteiger partial charge in [-0.1, -0.05) is 6.42 Å². The van der Waals surface area contributed by atoms with E-state index in [4.69, 9.17) is 0 Å². The molecule has 1 aliphatic heterocycles. The number of imidazole rings is 1. The Labute approximate surface area is 171 Å². The molecule has 0 atom stereocenters. The van der Waals surface area contributed by atoms with Gasteiger partial charge < -0.3 is 0 Å². The monoisotopic (exact) mass is 433 g/mol. The van der Waals surface area contributed by atoms with Crippen LogP contribution in [0.15, 0.2) is 52.5 Å². The van der Waals surface area contributed by atoms with Crippen molar-refractivity contribution in [3.8, 4) is 0 Å². The number of aromatic nitrogens is 2. The van der Waals surface area contributed by atoms with Crippen molar-refractivity contribution in [1.82, 2.24) is 13.3 Å². The molecule has 29 heavy (non-hydrogen) atoms. The van der Waals surface area contributed by atoms with Crippen LogP contribution in [0.4, 0.5) is 0 Å². The number of rotatable bonds is 4. The lowest BCUT2D eigenvalue weighted by molar-refractivity contribution is 0.346. The minimum absolute atomic E-state index is 0.0209. The molecule has 1 aliphatic rings. The van der Waals surface area contributed by atoms with Gasteiger partial charge in [-0.3, -0.25) is 0 Å². The first kappa shape index (κ1) is 20.1. The fraction of sp³-hybridized carbons (Fsp3) is 0.350. The van der Waals surface area contributed by atoms with Gasteiger partial charge in [-0.15, -0.1) is 0 Å². The Kier molecular flexibility index (Phi) is 5.00. The van der Waals surface area contributed by atoms with Crippen molar-refractivity contribution in [2.45, 2.75) is 42.9 Å². The number of nitrogens with zero attached hydrogens (tertiary/aromatic N) is 3. The van der Waals surface area contributed by atoms with Crippen LogP contribution in [0.5, 0.6) is 0 Å². The van der Waals surface area contributed by atoms with Crippen molar-refractivity contribution in [1.29, 1.82) is 0 Å². The Balaban J connectivity index is 1.71. The van der Waals surface area contributed by atoms with Gasteiger partial charge in [0.2, 0.25) is 10.0 Å². The molecule has 9 heteroatoms. The fourth-order valence-corrected chi connectivity index (χ4v) is 6.39. The first-order chi connectivity index (χ1) is 13.7. The highest BCUT2D eigenvalue weighted by atomic mass is 32.2. The van der Waals surface area contributed by atoms with Gasteiger partial charge in [-0.2, -0.15) is 4.31 Å². The van der Waals surface area contributed by atoms with Gasteiger partial charge in [0.15, 0.2) is 0 Å². The van der Waals surface area contributed by atoms with Gasteiger partial charge in [0, 0.05) is 13.1 Å². The Morgan fingerprint density at radius 1 is 0.793 bits per heavy atom. The SMILES string of the molecule is Cc1cc2ncn(S(=O)(=O)c3ccc(S(=O)(=O)N4CCCCC4)cc3)c2cc1C. The second-order valence-corrected chi connectivity index (χ2v) is 11.2. The predicted molar refractivity (Wildman–Crippen MR) is 111 cm³/mol. The topological polar surface area (TPSA) is 89.3 Å². The number of hydrogen-bond acceptors (Lipinski definition) is 5. The molecule has 3 aromatic rings. The summed E-state index contributed by atoms with van der Waals surface area (Å²) in [6.07, 6.45) is 4.01. The third-order valence-corrected chi connectivity index (χ3v) is 9.05. The number of benzene rings is 2. The van der Waals surface area contributed by atoms with Crippen molar-refractivity contribution >= 4 is 31.1 Å². The number of sulfonamides is 1. The average molecular weight is 434 g/mol. The maximum atomic E-state index is 13.1. The predicted octanol–water partition coefficient (Wildman–Crippen LogP) is 3.06. The van der Waals surface area contributed by atoms with Crippen molar-refractivity contribution in [3.05, 3.63) is 53.9 Å². The molecule has 4 rings (SSSR count). The normalized spacial score (nSPS) is 16.3. The van der Waals surface area contributed by atoms with Crippen molar-refractivity contribution in [3.63, 3.8) is 0 Å². The van der Waals surface area contributed by atoms with Crippen LogP contribution in [0.3, 0.4) is 0 Å². The molecule has 0 spiro atoms.